The molecule has 0 rings (SSSR count). The second-order valence-corrected chi connectivity index (χ2v) is 6.16. The molecular formula is HCr2K2MnO11. The van der Waals surface area contributed by atoms with Crippen LogP contribution in [0.5, 0.6) is 0 Å². The molecule has 0 aromatic carbocycles. The molecule has 0 saturated heterocycles. The minimum atomic E-state index is -6.07. The molecular weight excluding hydrogens is 413 g/mol. The summed E-state index contributed by atoms with van der Waals surface area (Å²) in [6.45, 7) is 0. The van der Waals surface area contributed by atoms with E-state index < -0.39 is 40.2 Å². The summed E-state index contributed by atoms with van der Waals surface area (Å²) in [5.41, 5.74) is 0. The van der Waals surface area contributed by atoms with Gasteiger partial charge in [-0.15, -0.1) is 0 Å². The Balaban J connectivity index is -0.0000000904. The Labute approximate surface area is 180 Å². The molecule has 0 bridgehead atoms. The van der Waals surface area contributed by atoms with E-state index in [1.165, 1.54) is 0 Å². The average Bonchev–Trinajstić information content (AvgIpc) is 1.42. The molecule has 0 saturated carbocycles. The molecule has 0 aliphatic heterocycles. The van der Waals surface area contributed by atoms with Gasteiger partial charge in [-0.25, -0.2) is 0 Å². The zero-order chi connectivity index (χ0) is 12.2. The Morgan fingerprint density at radius 3 is 1.00 bits per heavy atom. The first-order chi connectivity index (χ1) is 5.71. The fourth-order valence-corrected chi connectivity index (χ4v) is 1.74. The molecule has 1 N–H and O–H groups in total. The molecule has 0 amide bonds. The third-order valence-electron chi connectivity index (χ3n) is 0.167. The Kier molecular flexibility index (Phi) is 19.0. The van der Waals surface area contributed by atoms with Crippen LogP contribution in [0.1, 0.15) is 0 Å². The van der Waals surface area contributed by atoms with Crippen LogP contribution >= 0.6 is 0 Å². The predicted molar refractivity (Wildman–Crippen MR) is 8.11 cm³/mol. The number of rotatable bonds is 2. The molecule has 11 nitrogen and oxygen atoms in total. The zero-order valence-electron chi connectivity index (χ0n) is 7.72. The van der Waals surface area contributed by atoms with Crippen molar-refractivity contribution in [1.82, 2.24) is 0 Å². The van der Waals surface area contributed by atoms with Gasteiger partial charge in [0, 0.05) is 0 Å². The van der Waals surface area contributed by atoms with Crippen LogP contribution in [0.3, 0.4) is 0 Å². The predicted octanol–water partition coefficient (Wildman–Crippen LogP) is -9.83. The van der Waals surface area contributed by atoms with E-state index in [-0.39, 0.29) is 103 Å². The number of hydrogen-bond acceptors (Lipinski definition) is 10. The van der Waals surface area contributed by atoms with E-state index in [1.54, 1.807) is 0 Å². The van der Waals surface area contributed by atoms with E-state index in [1.807, 2.05) is 0 Å². The quantitative estimate of drug-likeness (QED) is 0.421. The summed E-state index contributed by atoms with van der Waals surface area (Å²) in [7, 11) is 0. The van der Waals surface area contributed by atoms with Gasteiger partial charge in [0.1, 0.15) is 0 Å². The van der Waals surface area contributed by atoms with E-state index in [2.05, 4.69) is 2.84 Å². The van der Waals surface area contributed by atoms with Crippen molar-refractivity contribution < 1.29 is 185 Å². The average molecular weight is 414 g/mol. The monoisotopic (exact) mass is 414 g/mol. The second-order valence-electron chi connectivity index (χ2n) is 1.28. The van der Waals surface area contributed by atoms with E-state index >= 15 is 0 Å². The van der Waals surface area contributed by atoms with Crippen LogP contribution < -0.4 is 111 Å². The fraction of sp³-hybridized carbons (Fsp3) is 0. The fourth-order valence-electron chi connectivity index (χ4n) is 0.102. The van der Waals surface area contributed by atoms with Crippen molar-refractivity contribution in [3.63, 3.8) is 0 Å². The SMILES string of the molecule is [K+].[K+].[O]=[Cr](=[O])([O-])[O][Cr](=[O])(=[O])[O-].[O]=[Mn](=[O])(=[O])[OH]. The summed E-state index contributed by atoms with van der Waals surface area (Å²) in [4.78, 5) is 0. The van der Waals surface area contributed by atoms with E-state index in [9.17, 15) is 23.5 Å². The van der Waals surface area contributed by atoms with Crippen LogP contribution in [0, 0.1) is 0 Å². The molecule has 0 aromatic rings. The molecule has 0 aliphatic carbocycles. The van der Waals surface area contributed by atoms with Crippen LogP contribution in [0.15, 0.2) is 0 Å². The first kappa shape index (κ1) is 27.6. The summed E-state index contributed by atoms with van der Waals surface area (Å²) in [5, 5.41) is 0. The second kappa shape index (κ2) is 11.0. The van der Waals surface area contributed by atoms with E-state index in [4.69, 9.17) is 15.7 Å². The molecule has 88 valence electrons. The van der Waals surface area contributed by atoms with Crippen molar-refractivity contribution in [2.45, 2.75) is 0 Å². The van der Waals surface area contributed by atoms with Crippen LogP contribution in [-0.2, 0) is 69.8 Å². The van der Waals surface area contributed by atoms with Gasteiger partial charge in [-0.2, -0.15) is 0 Å². The van der Waals surface area contributed by atoms with E-state index in [0.717, 1.165) is 0 Å². The molecule has 0 unspecified atom stereocenters. The first-order valence-corrected chi connectivity index (χ1v) is 8.10. The van der Waals surface area contributed by atoms with E-state index in [0.29, 0.717) is 0 Å². The van der Waals surface area contributed by atoms with Gasteiger partial charge in [0.2, 0.25) is 0 Å². The Bertz CT molecular complexity index is 470. The topological polar surface area (TPSA) is 195 Å². The molecule has 16 heavy (non-hydrogen) atoms. The molecule has 0 radical (unpaired) electrons. The molecule has 0 heterocycles. The third kappa shape index (κ3) is 53.1. The zero-order valence-corrected chi connectivity index (χ0v) is 17.7. The van der Waals surface area contributed by atoms with Gasteiger partial charge in [-0.1, -0.05) is 0 Å². The molecule has 0 spiro atoms. The molecule has 0 aromatic heterocycles. The van der Waals surface area contributed by atoms with Gasteiger partial charge in [0.15, 0.2) is 0 Å². The summed E-state index contributed by atoms with van der Waals surface area (Å²) in [6.07, 6.45) is 0. The Morgan fingerprint density at radius 2 is 1.00 bits per heavy atom. The summed E-state index contributed by atoms with van der Waals surface area (Å²) >= 11 is -17.5. The molecule has 16 heteroatoms. The normalized spacial score (nSPS) is 11.2. The van der Waals surface area contributed by atoms with Crippen molar-refractivity contribution >= 4 is 0 Å². The Morgan fingerprint density at radius 1 is 0.875 bits per heavy atom. The van der Waals surface area contributed by atoms with Crippen LogP contribution in [0.2, 0.25) is 0 Å². The van der Waals surface area contributed by atoms with Gasteiger partial charge in [0.25, 0.3) is 0 Å². The van der Waals surface area contributed by atoms with Crippen LogP contribution in [0.4, 0.5) is 0 Å². The summed E-state index contributed by atoms with van der Waals surface area (Å²) in [5.74, 6) is 0. The first-order valence-electron chi connectivity index (χ1n) is 1.97. The van der Waals surface area contributed by atoms with Gasteiger partial charge in [0.05, 0.1) is 0 Å². The van der Waals surface area contributed by atoms with Crippen molar-refractivity contribution in [2.75, 3.05) is 0 Å². The van der Waals surface area contributed by atoms with Gasteiger partial charge in [-0.3, -0.25) is 0 Å². The van der Waals surface area contributed by atoms with Crippen molar-refractivity contribution in [1.29, 1.82) is 0 Å². The number of hydrogen-bond donors (Lipinski definition) is 1. The van der Waals surface area contributed by atoms with Crippen molar-refractivity contribution in [3.05, 3.63) is 0 Å². The maximum absolute atomic E-state index is 9.38. The standard InChI is InChI=1S/2Cr.2K.Mn.H2O.10O/h;;;;;1H2;;;;;;;;;;/q;;3*+1;;;;;;;;;;2*-1/p-1. The minimum absolute atomic E-state index is 0. The van der Waals surface area contributed by atoms with Crippen molar-refractivity contribution in [2.24, 2.45) is 0 Å². The van der Waals surface area contributed by atoms with Crippen molar-refractivity contribution in [3.8, 4) is 0 Å². The molecule has 0 fully saturated rings. The molecule has 0 atom stereocenters. The van der Waals surface area contributed by atoms with Gasteiger partial charge < -0.3 is 0 Å². The molecule has 0 aliphatic rings. The van der Waals surface area contributed by atoms with Crippen LogP contribution in [-0.4, -0.2) is 4.19 Å². The Hall–Kier alpha value is 3.30. The third-order valence-corrected chi connectivity index (χ3v) is 2.83. The maximum atomic E-state index is 9.38. The van der Waals surface area contributed by atoms with Gasteiger partial charge >= 0.3 is 185 Å². The summed E-state index contributed by atoms with van der Waals surface area (Å²) in [6, 6.07) is 0. The van der Waals surface area contributed by atoms with Gasteiger partial charge in [-0.05, 0) is 0 Å². The summed E-state index contributed by atoms with van der Waals surface area (Å²) < 4.78 is 92.0. The van der Waals surface area contributed by atoms with Crippen LogP contribution in [0.25, 0.3) is 0 Å².